The van der Waals surface area contributed by atoms with Crippen molar-refractivity contribution < 1.29 is 4.74 Å². The number of aryl methyl sites for hydroxylation is 1. The number of para-hydroxylation sites is 1. The standard InChI is InChI=1S/C15H23NO/c1-12(11-16-14-9-10-14)7-8-13-5-3-4-6-15(13)17-2/h3-6,12,14,16H,7-11H2,1-2H3. The van der Waals surface area contributed by atoms with Crippen LogP contribution in [0.5, 0.6) is 5.75 Å². The fourth-order valence-electron chi connectivity index (χ4n) is 2.07. The predicted molar refractivity (Wildman–Crippen MR) is 71.5 cm³/mol. The lowest BCUT2D eigenvalue weighted by Gasteiger charge is -2.13. The first kappa shape index (κ1) is 12.4. The summed E-state index contributed by atoms with van der Waals surface area (Å²) in [4.78, 5) is 0. The number of benzene rings is 1. The van der Waals surface area contributed by atoms with Gasteiger partial charge in [-0.25, -0.2) is 0 Å². The third-order valence-electron chi connectivity index (χ3n) is 3.43. The summed E-state index contributed by atoms with van der Waals surface area (Å²) in [5.74, 6) is 1.76. The summed E-state index contributed by atoms with van der Waals surface area (Å²) in [5, 5.41) is 3.59. The highest BCUT2D eigenvalue weighted by Crippen LogP contribution is 2.22. The Morgan fingerprint density at radius 1 is 1.35 bits per heavy atom. The summed E-state index contributed by atoms with van der Waals surface area (Å²) in [6.45, 7) is 3.48. The van der Waals surface area contributed by atoms with Crippen LogP contribution in [-0.4, -0.2) is 19.7 Å². The zero-order valence-electron chi connectivity index (χ0n) is 10.9. The molecule has 0 radical (unpaired) electrons. The van der Waals surface area contributed by atoms with Crippen molar-refractivity contribution >= 4 is 0 Å². The van der Waals surface area contributed by atoms with Crippen molar-refractivity contribution in [2.45, 2.75) is 38.6 Å². The number of methoxy groups -OCH3 is 1. The van der Waals surface area contributed by atoms with E-state index in [1.165, 1.54) is 24.8 Å². The van der Waals surface area contributed by atoms with Crippen molar-refractivity contribution in [2.75, 3.05) is 13.7 Å². The maximum atomic E-state index is 5.37. The van der Waals surface area contributed by atoms with Crippen molar-refractivity contribution in [3.05, 3.63) is 29.8 Å². The molecule has 1 fully saturated rings. The van der Waals surface area contributed by atoms with Crippen LogP contribution >= 0.6 is 0 Å². The molecule has 0 aromatic heterocycles. The van der Waals surface area contributed by atoms with Crippen LogP contribution in [0.15, 0.2) is 24.3 Å². The van der Waals surface area contributed by atoms with Crippen molar-refractivity contribution in [1.82, 2.24) is 5.32 Å². The molecule has 1 saturated carbocycles. The first-order valence-electron chi connectivity index (χ1n) is 6.65. The molecule has 1 aromatic rings. The van der Waals surface area contributed by atoms with E-state index in [0.29, 0.717) is 0 Å². The second-order valence-electron chi connectivity index (χ2n) is 5.14. The second kappa shape index (κ2) is 6.06. The topological polar surface area (TPSA) is 21.3 Å². The Balaban J connectivity index is 1.75. The van der Waals surface area contributed by atoms with Gasteiger partial charge < -0.3 is 10.1 Å². The largest absolute Gasteiger partial charge is 0.496 e. The van der Waals surface area contributed by atoms with Crippen LogP contribution in [0, 0.1) is 5.92 Å². The van der Waals surface area contributed by atoms with Gasteiger partial charge in [-0.2, -0.15) is 0 Å². The number of rotatable bonds is 7. The lowest BCUT2D eigenvalue weighted by atomic mass is 10.0. The Labute approximate surface area is 104 Å². The summed E-state index contributed by atoms with van der Waals surface area (Å²) in [5.41, 5.74) is 1.33. The van der Waals surface area contributed by atoms with Crippen LogP contribution in [0.25, 0.3) is 0 Å². The third-order valence-corrected chi connectivity index (χ3v) is 3.43. The predicted octanol–water partition coefficient (Wildman–Crippen LogP) is 3.02. The van der Waals surface area contributed by atoms with E-state index in [2.05, 4.69) is 24.4 Å². The van der Waals surface area contributed by atoms with Gasteiger partial charge in [0.15, 0.2) is 0 Å². The molecule has 0 spiro atoms. The molecule has 94 valence electrons. The monoisotopic (exact) mass is 233 g/mol. The highest BCUT2D eigenvalue weighted by Gasteiger charge is 2.20. The summed E-state index contributed by atoms with van der Waals surface area (Å²) in [6.07, 6.45) is 5.08. The maximum absolute atomic E-state index is 5.37. The Morgan fingerprint density at radius 3 is 2.82 bits per heavy atom. The summed E-state index contributed by atoms with van der Waals surface area (Å²) >= 11 is 0. The molecule has 2 nitrogen and oxygen atoms in total. The minimum atomic E-state index is 0.737. The molecule has 0 heterocycles. The molecule has 1 aliphatic rings. The minimum Gasteiger partial charge on any atom is -0.496 e. The Hall–Kier alpha value is -1.02. The van der Waals surface area contributed by atoms with Gasteiger partial charge in [0.25, 0.3) is 0 Å². The number of nitrogens with one attached hydrogen (secondary N) is 1. The van der Waals surface area contributed by atoms with Gasteiger partial charge in [0.05, 0.1) is 7.11 Å². The average Bonchev–Trinajstić information content (AvgIpc) is 3.18. The molecule has 2 heteroatoms. The fourth-order valence-corrected chi connectivity index (χ4v) is 2.07. The van der Waals surface area contributed by atoms with E-state index in [1.807, 2.05) is 12.1 Å². The van der Waals surface area contributed by atoms with Crippen LogP contribution in [0.4, 0.5) is 0 Å². The van der Waals surface area contributed by atoms with Crippen molar-refractivity contribution in [1.29, 1.82) is 0 Å². The van der Waals surface area contributed by atoms with Crippen molar-refractivity contribution in [3.63, 3.8) is 0 Å². The number of hydrogen-bond donors (Lipinski definition) is 1. The lowest BCUT2D eigenvalue weighted by Crippen LogP contribution is -2.23. The molecular formula is C15H23NO. The maximum Gasteiger partial charge on any atom is 0.122 e. The molecule has 0 amide bonds. The van der Waals surface area contributed by atoms with Gasteiger partial charge >= 0.3 is 0 Å². The van der Waals surface area contributed by atoms with Crippen molar-refractivity contribution in [2.24, 2.45) is 5.92 Å². The number of ether oxygens (including phenoxy) is 1. The molecule has 0 aliphatic heterocycles. The van der Waals surface area contributed by atoms with Gasteiger partial charge in [-0.3, -0.25) is 0 Å². The van der Waals surface area contributed by atoms with Gasteiger partial charge in [-0.15, -0.1) is 0 Å². The highest BCUT2D eigenvalue weighted by atomic mass is 16.5. The average molecular weight is 233 g/mol. The van der Waals surface area contributed by atoms with Crippen LogP contribution in [0.3, 0.4) is 0 Å². The molecule has 1 aromatic carbocycles. The molecule has 1 atom stereocenters. The van der Waals surface area contributed by atoms with Gasteiger partial charge in [0.2, 0.25) is 0 Å². The Bertz CT molecular complexity index is 347. The van der Waals surface area contributed by atoms with E-state index in [-0.39, 0.29) is 0 Å². The normalized spacial score (nSPS) is 16.8. The molecular weight excluding hydrogens is 210 g/mol. The third kappa shape index (κ3) is 4.04. The molecule has 0 saturated heterocycles. The molecule has 1 unspecified atom stereocenters. The van der Waals surface area contributed by atoms with Crippen molar-refractivity contribution in [3.8, 4) is 5.75 Å². The van der Waals surface area contributed by atoms with Gasteiger partial charge in [0.1, 0.15) is 5.75 Å². The molecule has 1 N–H and O–H groups in total. The minimum absolute atomic E-state index is 0.737. The van der Waals surface area contributed by atoms with E-state index in [9.17, 15) is 0 Å². The van der Waals surface area contributed by atoms with E-state index in [0.717, 1.165) is 30.7 Å². The van der Waals surface area contributed by atoms with Gasteiger partial charge in [-0.1, -0.05) is 25.1 Å². The lowest BCUT2D eigenvalue weighted by molar-refractivity contribution is 0.405. The Kier molecular flexibility index (Phi) is 4.43. The molecule has 2 rings (SSSR count). The van der Waals surface area contributed by atoms with E-state index in [1.54, 1.807) is 7.11 Å². The fraction of sp³-hybridized carbons (Fsp3) is 0.600. The van der Waals surface area contributed by atoms with E-state index < -0.39 is 0 Å². The zero-order valence-corrected chi connectivity index (χ0v) is 10.9. The SMILES string of the molecule is COc1ccccc1CCC(C)CNC1CC1. The smallest absolute Gasteiger partial charge is 0.122 e. The Morgan fingerprint density at radius 2 is 2.12 bits per heavy atom. The van der Waals surface area contributed by atoms with Crippen LogP contribution < -0.4 is 10.1 Å². The second-order valence-corrected chi connectivity index (χ2v) is 5.14. The molecule has 1 aliphatic carbocycles. The number of hydrogen-bond acceptors (Lipinski definition) is 2. The van der Waals surface area contributed by atoms with E-state index >= 15 is 0 Å². The van der Waals surface area contributed by atoms with Gasteiger partial charge in [0, 0.05) is 6.04 Å². The van der Waals surface area contributed by atoms with Crippen LogP contribution in [-0.2, 0) is 6.42 Å². The molecule has 17 heavy (non-hydrogen) atoms. The molecule has 0 bridgehead atoms. The summed E-state index contributed by atoms with van der Waals surface area (Å²) < 4.78 is 5.37. The van der Waals surface area contributed by atoms with Crippen LogP contribution in [0.2, 0.25) is 0 Å². The zero-order chi connectivity index (χ0) is 12.1. The highest BCUT2D eigenvalue weighted by molar-refractivity contribution is 5.33. The summed E-state index contributed by atoms with van der Waals surface area (Å²) in [7, 11) is 1.75. The first-order chi connectivity index (χ1) is 8.29. The van der Waals surface area contributed by atoms with E-state index in [4.69, 9.17) is 4.74 Å². The van der Waals surface area contributed by atoms with Crippen LogP contribution in [0.1, 0.15) is 31.7 Å². The van der Waals surface area contributed by atoms with Gasteiger partial charge in [-0.05, 0) is 49.8 Å². The quantitative estimate of drug-likeness (QED) is 0.781. The first-order valence-corrected chi connectivity index (χ1v) is 6.65. The summed E-state index contributed by atoms with van der Waals surface area (Å²) in [6, 6.07) is 9.15.